The van der Waals surface area contributed by atoms with Crippen molar-refractivity contribution in [2.24, 2.45) is 5.73 Å². The van der Waals surface area contributed by atoms with Gasteiger partial charge in [-0.25, -0.2) is 0 Å². The Morgan fingerprint density at radius 2 is 2.05 bits per heavy atom. The van der Waals surface area contributed by atoms with E-state index in [1.165, 1.54) is 6.42 Å². The van der Waals surface area contributed by atoms with Crippen molar-refractivity contribution in [2.75, 3.05) is 6.61 Å². The third kappa shape index (κ3) is 3.05. The Balaban J connectivity index is 1.68. The van der Waals surface area contributed by atoms with Gasteiger partial charge < -0.3 is 15.0 Å². The van der Waals surface area contributed by atoms with Gasteiger partial charge in [0.1, 0.15) is 0 Å². The molecule has 0 saturated carbocycles. The van der Waals surface area contributed by atoms with Crippen LogP contribution in [-0.2, 0) is 17.7 Å². The first-order valence-electron chi connectivity index (χ1n) is 7.09. The molecule has 1 saturated heterocycles. The van der Waals surface area contributed by atoms with Crippen molar-refractivity contribution in [3.63, 3.8) is 0 Å². The van der Waals surface area contributed by atoms with Gasteiger partial charge >= 0.3 is 0 Å². The van der Waals surface area contributed by atoms with Gasteiger partial charge in [-0.1, -0.05) is 17.3 Å². The summed E-state index contributed by atoms with van der Waals surface area (Å²) in [5.41, 5.74) is 7.59. The minimum absolute atomic E-state index is 0.230. The van der Waals surface area contributed by atoms with Gasteiger partial charge in [-0.05, 0) is 37.0 Å². The lowest BCUT2D eigenvalue weighted by Gasteiger charge is -2.20. The van der Waals surface area contributed by atoms with Crippen molar-refractivity contribution >= 4 is 0 Å². The van der Waals surface area contributed by atoms with E-state index in [4.69, 9.17) is 15.0 Å². The lowest BCUT2D eigenvalue weighted by molar-refractivity contribution is 0.0153. The molecule has 3 rings (SSSR count). The van der Waals surface area contributed by atoms with E-state index in [9.17, 15) is 0 Å². The molecule has 1 aromatic heterocycles. The molecular weight excluding hydrogens is 254 g/mol. The zero-order chi connectivity index (χ0) is 13.8. The van der Waals surface area contributed by atoms with Crippen LogP contribution in [0.3, 0.4) is 0 Å². The molecule has 20 heavy (non-hydrogen) atoms. The van der Waals surface area contributed by atoms with Gasteiger partial charge in [0.25, 0.3) is 5.89 Å². The monoisotopic (exact) mass is 273 g/mol. The molecule has 1 fully saturated rings. The summed E-state index contributed by atoms with van der Waals surface area (Å²) in [6.45, 7) is 1.38. The van der Waals surface area contributed by atoms with Crippen LogP contribution in [0.4, 0.5) is 0 Å². The summed E-state index contributed by atoms with van der Waals surface area (Å²) < 4.78 is 11.0. The number of ether oxygens (including phenoxy) is 1. The quantitative estimate of drug-likeness (QED) is 0.925. The minimum atomic E-state index is 0.230. The second kappa shape index (κ2) is 6.15. The zero-order valence-corrected chi connectivity index (χ0v) is 11.4. The number of nitrogens with zero attached hydrogens (tertiary/aromatic N) is 2. The number of nitrogens with two attached hydrogens (primary N) is 1. The fraction of sp³-hybridized carbons (Fsp3) is 0.467. The third-order valence-corrected chi connectivity index (χ3v) is 3.59. The van der Waals surface area contributed by atoms with E-state index in [0.717, 1.165) is 42.8 Å². The summed E-state index contributed by atoms with van der Waals surface area (Å²) in [5.74, 6) is 1.27. The summed E-state index contributed by atoms with van der Waals surface area (Å²) in [7, 11) is 0. The fourth-order valence-corrected chi connectivity index (χ4v) is 2.41. The molecule has 0 spiro atoms. The smallest absolute Gasteiger partial charge is 0.257 e. The first kappa shape index (κ1) is 13.3. The Morgan fingerprint density at radius 3 is 2.75 bits per heavy atom. The topological polar surface area (TPSA) is 74.2 Å². The standard InChI is InChI=1S/C15H19N3O2/c16-10-11-4-6-12(7-5-11)15-17-14(18-20-15)9-13-3-1-2-8-19-13/h4-7,13H,1-3,8-10,16H2. The van der Waals surface area contributed by atoms with Crippen molar-refractivity contribution in [3.8, 4) is 11.5 Å². The van der Waals surface area contributed by atoms with Gasteiger partial charge in [0.05, 0.1) is 6.10 Å². The fourth-order valence-electron chi connectivity index (χ4n) is 2.41. The molecule has 106 valence electrons. The molecule has 2 heterocycles. The second-order valence-electron chi connectivity index (χ2n) is 5.11. The number of hydrogen-bond acceptors (Lipinski definition) is 5. The van der Waals surface area contributed by atoms with Crippen molar-refractivity contribution in [1.29, 1.82) is 0 Å². The number of rotatable bonds is 4. The molecule has 1 aliphatic rings. The molecule has 0 aliphatic carbocycles. The summed E-state index contributed by atoms with van der Waals surface area (Å²) in [4.78, 5) is 4.44. The molecule has 0 bridgehead atoms. The SMILES string of the molecule is NCc1ccc(-c2nc(CC3CCCCO3)no2)cc1. The minimum Gasteiger partial charge on any atom is -0.378 e. The van der Waals surface area contributed by atoms with Gasteiger partial charge in [0, 0.05) is 25.1 Å². The van der Waals surface area contributed by atoms with E-state index in [2.05, 4.69) is 10.1 Å². The second-order valence-corrected chi connectivity index (χ2v) is 5.11. The van der Waals surface area contributed by atoms with Crippen LogP contribution in [0, 0.1) is 0 Å². The number of benzene rings is 1. The summed E-state index contributed by atoms with van der Waals surface area (Å²) >= 11 is 0. The van der Waals surface area contributed by atoms with Gasteiger partial charge in [0.2, 0.25) is 0 Å². The van der Waals surface area contributed by atoms with Crippen molar-refractivity contribution in [3.05, 3.63) is 35.7 Å². The van der Waals surface area contributed by atoms with Crippen LogP contribution < -0.4 is 5.73 Å². The van der Waals surface area contributed by atoms with Crippen molar-refractivity contribution in [2.45, 2.75) is 38.3 Å². The third-order valence-electron chi connectivity index (χ3n) is 3.59. The Labute approximate surface area is 118 Å². The van der Waals surface area contributed by atoms with E-state index in [0.29, 0.717) is 12.4 Å². The lowest BCUT2D eigenvalue weighted by Crippen LogP contribution is -2.21. The average Bonchev–Trinajstić information content (AvgIpc) is 2.97. The molecule has 5 heteroatoms. The zero-order valence-electron chi connectivity index (χ0n) is 11.4. The first-order valence-corrected chi connectivity index (χ1v) is 7.09. The highest BCUT2D eigenvalue weighted by molar-refractivity contribution is 5.53. The maximum absolute atomic E-state index is 5.69. The summed E-state index contributed by atoms with van der Waals surface area (Å²) in [6.07, 6.45) is 4.41. The predicted octanol–water partition coefficient (Wildman–Crippen LogP) is 2.31. The maximum Gasteiger partial charge on any atom is 0.257 e. The Kier molecular flexibility index (Phi) is 4.08. The highest BCUT2D eigenvalue weighted by Crippen LogP contribution is 2.20. The summed E-state index contributed by atoms with van der Waals surface area (Å²) in [5, 5.41) is 4.04. The van der Waals surface area contributed by atoms with E-state index in [1.807, 2.05) is 24.3 Å². The lowest BCUT2D eigenvalue weighted by atomic mass is 10.1. The Hall–Kier alpha value is -1.72. The van der Waals surface area contributed by atoms with E-state index in [-0.39, 0.29) is 6.10 Å². The largest absolute Gasteiger partial charge is 0.378 e. The van der Waals surface area contributed by atoms with Crippen molar-refractivity contribution < 1.29 is 9.26 Å². The molecule has 1 atom stereocenters. The molecule has 2 N–H and O–H groups in total. The van der Waals surface area contributed by atoms with Gasteiger partial charge in [0.15, 0.2) is 5.82 Å². The first-order chi connectivity index (χ1) is 9.85. The van der Waals surface area contributed by atoms with Crippen LogP contribution in [0.2, 0.25) is 0 Å². The molecule has 1 aromatic carbocycles. The highest BCUT2D eigenvalue weighted by atomic mass is 16.5. The highest BCUT2D eigenvalue weighted by Gasteiger charge is 2.18. The normalized spacial score (nSPS) is 19.1. The Morgan fingerprint density at radius 1 is 1.20 bits per heavy atom. The van der Waals surface area contributed by atoms with Crippen molar-refractivity contribution in [1.82, 2.24) is 10.1 Å². The maximum atomic E-state index is 5.69. The van der Waals surface area contributed by atoms with E-state index in [1.54, 1.807) is 0 Å². The average molecular weight is 273 g/mol. The van der Waals surface area contributed by atoms with Crippen LogP contribution in [0.25, 0.3) is 11.5 Å². The number of aromatic nitrogens is 2. The molecule has 0 radical (unpaired) electrons. The van der Waals surface area contributed by atoms with Gasteiger partial charge in [-0.3, -0.25) is 0 Å². The van der Waals surface area contributed by atoms with Crippen LogP contribution in [0.1, 0.15) is 30.7 Å². The van der Waals surface area contributed by atoms with Crippen LogP contribution in [-0.4, -0.2) is 22.9 Å². The molecular formula is C15H19N3O2. The van der Waals surface area contributed by atoms with E-state index < -0.39 is 0 Å². The molecule has 5 nitrogen and oxygen atoms in total. The van der Waals surface area contributed by atoms with Crippen LogP contribution in [0.15, 0.2) is 28.8 Å². The number of hydrogen-bond donors (Lipinski definition) is 1. The molecule has 1 unspecified atom stereocenters. The van der Waals surface area contributed by atoms with E-state index >= 15 is 0 Å². The summed E-state index contributed by atoms with van der Waals surface area (Å²) in [6, 6.07) is 7.86. The molecule has 0 amide bonds. The van der Waals surface area contributed by atoms with Crippen LogP contribution in [0.5, 0.6) is 0 Å². The van der Waals surface area contributed by atoms with Gasteiger partial charge in [-0.15, -0.1) is 0 Å². The molecule has 2 aromatic rings. The van der Waals surface area contributed by atoms with Gasteiger partial charge in [-0.2, -0.15) is 4.98 Å². The predicted molar refractivity (Wildman–Crippen MR) is 74.9 cm³/mol. The Bertz CT molecular complexity index is 545. The molecule has 1 aliphatic heterocycles. The van der Waals surface area contributed by atoms with Crippen LogP contribution >= 0.6 is 0 Å².